The van der Waals surface area contributed by atoms with Gasteiger partial charge >= 0.3 is 6.03 Å². The van der Waals surface area contributed by atoms with E-state index in [2.05, 4.69) is 16.0 Å². The van der Waals surface area contributed by atoms with Crippen molar-refractivity contribution in [2.75, 3.05) is 0 Å². The predicted octanol–water partition coefficient (Wildman–Crippen LogP) is 2.27. The Morgan fingerprint density at radius 3 is 1.11 bits per heavy atom. The third-order valence-electron chi connectivity index (χ3n) is 1.79. The average molecular weight is 273 g/mol. The fourth-order valence-electron chi connectivity index (χ4n) is 1.02. The summed E-state index contributed by atoms with van der Waals surface area (Å²) >= 11 is 0. The molecule has 3 N–H and O–H groups in total. The second-order valence-corrected chi connectivity index (χ2v) is 5.75. The van der Waals surface area contributed by atoms with Crippen molar-refractivity contribution in [2.24, 2.45) is 5.92 Å². The van der Waals surface area contributed by atoms with E-state index in [1.807, 2.05) is 55.4 Å². The van der Waals surface area contributed by atoms with E-state index >= 15 is 0 Å². The van der Waals surface area contributed by atoms with Gasteiger partial charge in [0.15, 0.2) is 0 Å². The molecule has 0 aromatic heterocycles. The maximum Gasteiger partial charge on any atom is 0.315 e. The summed E-state index contributed by atoms with van der Waals surface area (Å²) < 4.78 is 0. The first-order chi connectivity index (χ1) is 8.56. The van der Waals surface area contributed by atoms with Gasteiger partial charge in [0.1, 0.15) is 0 Å². The summed E-state index contributed by atoms with van der Waals surface area (Å²) in [5, 5.41) is 8.25. The smallest absolute Gasteiger partial charge is 0.315 e. The molecule has 5 nitrogen and oxygen atoms in total. The van der Waals surface area contributed by atoms with E-state index in [0.717, 1.165) is 0 Å². The van der Waals surface area contributed by atoms with Crippen LogP contribution in [-0.4, -0.2) is 30.1 Å². The Balaban J connectivity index is 0. The maximum atomic E-state index is 10.8. The summed E-state index contributed by atoms with van der Waals surface area (Å²) in [4.78, 5) is 21.7. The Morgan fingerprint density at radius 2 is 0.947 bits per heavy atom. The Morgan fingerprint density at radius 1 is 0.632 bits per heavy atom. The fraction of sp³-hybridized carbons (Fsp3) is 0.857. The molecule has 0 aromatic carbocycles. The molecular weight excluding hydrogens is 242 g/mol. The van der Waals surface area contributed by atoms with Crippen molar-refractivity contribution in [1.29, 1.82) is 0 Å². The van der Waals surface area contributed by atoms with Gasteiger partial charge < -0.3 is 16.0 Å². The van der Waals surface area contributed by atoms with Crippen LogP contribution in [0.25, 0.3) is 0 Å². The molecule has 0 unspecified atom stereocenters. The Labute approximate surface area is 117 Å². The zero-order chi connectivity index (χ0) is 15.6. The van der Waals surface area contributed by atoms with Crippen molar-refractivity contribution >= 4 is 11.9 Å². The normalized spacial score (nSPS) is 10.3. The lowest BCUT2D eigenvalue weighted by Gasteiger charge is -2.11. The fourth-order valence-corrected chi connectivity index (χ4v) is 1.02. The number of carbonyl (C=O) groups excluding carboxylic acids is 2. The first-order valence-corrected chi connectivity index (χ1v) is 6.93. The van der Waals surface area contributed by atoms with Gasteiger partial charge in [-0.15, -0.1) is 0 Å². The summed E-state index contributed by atoms with van der Waals surface area (Å²) in [6, 6.07) is 0.586. The van der Waals surface area contributed by atoms with Crippen molar-refractivity contribution in [3.63, 3.8) is 0 Å². The Kier molecular flexibility index (Phi) is 11.2. The van der Waals surface area contributed by atoms with Gasteiger partial charge in [0.25, 0.3) is 0 Å². The number of rotatable bonds is 4. The van der Waals surface area contributed by atoms with Crippen molar-refractivity contribution < 1.29 is 9.59 Å². The summed E-state index contributed by atoms with van der Waals surface area (Å²) in [6.45, 7) is 15.4. The van der Waals surface area contributed by atoms with Gasteiger partial charge in [0.05, 0.1) is 0 Å². The van der Waals surface area contributed by atoms with Crippen LogP contribution in [0.4, 0.5) is 4.79 Å². The van der Waals surface area contributed by atoms with Gasteiger partial charge in [-0.2, -0.15) is 0 Å². The van der Waals surface area contributed by atoms with Crippen LogP contribution >= 0.6 is 0 Å². The molecule has 0 aliphatic rings. The third kappa shape index (κ3) is 16.7. The zero-order valence-electron chi connectivity index (χ0n) is 13.6. The van der Waals surface area contributed by atoms with Crippen LogP contribution in [0, 0.1) is 5.92 Å². The van der Waals surface area contributed by atoms with E-state index < -0.39 is 0 Å². The molecule has 0 aliphatic heterocycles. The van der Waals surface area contributed by atoms with E-state index in [4.69, 9.17) is 0 Å². The van der Waals surface area contributed by atoms with Crippen LogP contribution < -0.4 is 16.0 Å². The highest BCUT2D eigenvalue weighted by Gasteiger charge is 2.06. The molecule has 5 heteroatoms. The van der Waals surface area contributed by atoms with Gasteiger partial charge in [-0.1, -0.05) is 13.8 Å². The molecule has 0 spiro atoms. The minimum atomic E-state index is -0.0926. The summed E-state index contributed by atoms with van der Waals surface area (Å²) in [5.74, 6) is 0.234. The third-order valence-corrected chi connectivity index (χ3v) is 1.79. The number of hydrogen-bond acceptors (Lipinski definition) is 2. The monoisotopic (exact) mass is 273 g/mol. The van der Waals surface area contributed by atoms with Gasteiger partial charge in [-0.25, -0.2) is 4.79 Å². The topological polar surface area (TPSA) is 70.2 Å². The molecule has 0 saturated heterocycles. The predicted molar refractivity (Wildman–Crippen MR) is 80.1 cm³/mol. The lowest BCUT2D eigenvalue weighted by Crippen LogP contribution is -2.42. The Hall–Kier alpha value is -1.26. The quantitative estimate of drug-likeness (QED) is 0.735. The highest BCUT2D eigenvalue weighted by atomic mass is 16.2. The molecule has 0 saturated carbocycles. The van der Waals surface area contributed by atoms with E-state index in [9.17, 15) is 9.59 Å². The van der Waals surface area contributed by atoms with Gasteiger partial charge in [-0.3, -0.25) is 4.79 Å². The minimum Gasteiger partial charge on any atom is -0.354 e. The number of carbonyl (C=O) groups is 2. The molecule has 0 rings (SSSR count). The SMILES string of the molecule is CC(C)NC(=O)C(C)C.CC(C)NC(=O)NC(C)C. The minimum absolute atomic E-state index is 0.0926. The first kappa shape index (κ1) is 20.1. The molecule has 0 bridgehead atoms. The number of amides is 3. The first-order valence-electron chi connectivity index (χ1n) is 6.93. The molecule has 0 radical (unpaired) electrons. The molecule has 0 fully saturated rings. The lowest BCUT2D eigenvalue weighted by atomic mass is 10.2. The van der Waals surface area contributed by atoms with Crippen LogP contribution in [0.5, 0.6) is 0 Å². The Bertz CT molecular complexity index is 249. The van der Waals surface area contributed by atoms with Crippen LogP contribution in [0.1, 0.15) is 55.4 Å². The molecule has 0 aromatic rings. The van der Waals surface area contributed by atoms with Crippen molar-refractivity contribution in [3.05, 3.63) is 0 Å². The summed E-state index contributed by atoms with van der Waals surface area (Å²) in [7, 11) is 0. The highest BCUT2D eigenvalue weighted by Crippen LogP contribution is 1.91. The van der Waals surface area contributed by atoms with E-state index in [-0.39, 0.29) is 36.0 Å². The number of hydrogen-bond donors (Lipinski definition) is 3. The van der Waals surface area contributed by atoms with Gasteiger partial charge in [0, 0.05) is 24.0 Å². The van der Waals surface area contributed by atoms with E-state index in [1.165, 1.54) is 0 Å². The highest BCUT2D eigenvalue weighted by molar-refractivity contribution is 5.78. The second kappa shape index (κ2) is 10.6. The van der Waals surface area contributed by atoms with Crippen molar-refractivity contribution in [1.82, 2.24) is 16.0 Å². The maximum absolute atomic E-state index is 10.8. The van der Waals surface area contributed by atoms with Crippen LogP contribution in [0.2, 0.25) is 0 Å². The standard InChI is InChI=1S/C7H16N2O.C7H15NO/c1-5(2)8-7(10)9-6(3)4;1-5(2)7(9)8-6(3)4/h5-6H,1-4H3,(H2,8,9,10);5-6H,1-4H3,(H,8,9). The van der Waals surface area contributed by atoms with Crippen LogP contribution in [-0.2, 0) is 4.79 Å². The summed E-state index contributed by atoms with van der Waals surface area (Å²) in [6.07, 6.45) is 0. The van der Waals surface area contributed by atoms with Crippen LogP contribution in [0.3, 0.4) is 0 Å². The average Bonchev–Trinajstić information content (AvgIpc) is 2.13. The van der Waals surface area contributed by atoms with Crippen molar-refractivity contribution in [2.45, 2.75) is 73.5 Å². The van der Waals surface area contributed by atoms with E-state index in [0.29, 0.717) is 0 Å². The number of urea groups is 1. The molecule has 0 heterocycles. The largest absolute Gasteiger partial charge is 0.354 e. The van der Waals surface area contributed by atoms with Crippen LogP contribution in [0.15, 0.2) is 0 Å². The van der Waals surface area contributed by atoms with Crippen molar-refractivity contribution in [3.8, 4) is 0 Å². The van der Waals surface area contributed by atoms with E-state index in [1.54, 1.807) is 0 Å². The molecule has 114 valence electrons. The molecule has 0 aliphatic carbocycles. The molecule has 3 amide bonds. The molecular formula is C14H31N3O2. The number of nitrogens with one attached hydrogen (secondary N) is 3. The molecule has 0 atom stereocenters. The van der Waals surface area contributed by atoms with Gasteiger partial charge in [0.2, 0.25) is 5.91 Å². The molecule has 19 heavy (non-hydrogen) atoms. The second-order valence-electron chi connectivity index (χ2n) is 5.75. The summed E-state index contributed by atoms with van der Waals surface area (Å²) in [5.41, 5.74) is 0. The lowest BCUT2D eigenvalue weighted by molar-refractivity contribution is -0.124. The zero-order valence-corrected chi connectivity index (χ0v) is 13.6. The van der Waals surface area contributed by atoms with Gasteiger partial charge in [-0.05, 0) is 41.5 Å².